The van der Waals surface area contributed by atoms with Crippen LogP contribution in [-0.2, 0) is 6.42 Å². The molecule has 0 aliphatic heterocycles. The number of hydrogen-bond acceptors (Lipinski definition) is 3. The first-order valence-electron chi connectivity index (χ1n) is 13.5. The Morgan fingerprint density at radius 3 is 1.59 bits per heavy atom. The Morgan fingerprint density at radius 2 is 1.09 bits per heavy atom. The minimum atomic E-state index is -0.395. The maximum absolute atomic E-state index is 12.1. The Balaban J connectivity index is 1.40. The van der Waals surface area contributed by atoms with E-state index in [1.807, 2.05) is 12.1 Å². The molecule has 2 aromatic rings. The number of rotatable bonds is 19. The highest BCUT2D eigenvalue weighted by Gasteiger charge is 2.12. The Hall–Kier alpha value is -1.77. The first-order valence-corrected chi connectivity index (χ1v) is 13.5. The average Bonchev–Trinajstić information content (AvgIpc) is 2.80. The van der Waals surface area contributed by atoms with Crippen LogP contribution in [0.2, 0.25) is 0 Å². The molecule has 1 N–H and O–H groups in total. The van der Waals surface area contributed by atoms with Crippen LogP contribution in [0.15, 0.2) is 33.5 Å². The third-order valence-electron chi connectivity index (χ3n) is 6.66. The Kier molecular flexibility index (Phi) is 13.9. The Bertz CT molecular complexity index is 793. The monoisotopic (exact) mass is 442 g/mol. The predicted octanol–water partition coefficient (Wildman–Crippen LogP) is 9.08. The van der Waals surface area contributed by atoms with Gasteiger partial charge in [-0.25, -0.2) is 4.79 Å². The van der Waals surface area contributed by atoms with E-state index in [2.05, 4.69) is 6.92 Å². The smallest absolute Gasteiger partial charge is 0.343 e. The molecule has 32 heavy (non-hydrogen) atoms. The van der Waals surface area contributed by atoms with E-state index in [1.165, 1.54) is 103 Å². The van der Waals surface area contributed by atoms with E-state index < -0.39 is 5.63 Å². The largest absolute Gasteiger partial charge is 0.507 e. The van der Waals surface area contributed by atoms with Crippen molar-refractivity contribution >= 4 is 11.0 Å². The molecule has 3 nitrogen and oxygen atoms in total. The molecule has 0 saturated heterocycles. The van der Waals surface area contributed by atoms with E-state index in [0.29, 0.717) is 23.0 Å². The highest BCUT2D eigenvalue weighted by molar-refractivity contribution is 5.83. The number of benzene rings is 1. The summed E-state index contributed by atoms with van der Waals surface area (Å²) in [6.45, 7) is 2.28. The van der Waals surface area contributed by atoms with Crippen LogP contribution < -0.4 is 5.63 Å². The molecular formula is C29H46O3. The molecule has 0 aliphatic carbocycles. The van der Waals surface area contributed by atoms with Crippen molar-refractivity contribution in [3.8, 4) is 5.75 Å². The van der Waals surface area contributed by atoms with E-state index in [9.17, 15) is 9.90 Å². The fourth-order valence-corrected chi connectivity index (χ4v) is 4.60. The van der Waals surface area contributed by atoms with Crippen LogP contribution in [0, 0.1) is 0 Å². The summed E-state index contributed by atoms with van der Waals surface area (Å²) in [5, 5.41) is 11.0. The van der Waals surface area contributed by atoms with E-state index in [0.717, 1.165) is 12.8 Å². The first-order chi connectivity index (χ1) is 15.7. The van der Waals surface area contributed by atoms with Crippen molar-refractivity contribution < 1.29 is 9.52 Å². The van der Waals surface area contributed by atoms with Crippen LogP contribution >= 0.6 is 0 Å². The van der Waals surface area contributed by atoms with Gasteiger partial charge in [-0.15, -0.1) is 0 Å². The zero-order valence-electron chi connectivity index (χ0n) is 20.5. The average molecular weight is 443 g/mol. The molecule has 0 fully saturated rings. The molecule has 1 aromatic heterocycles. The standard InChI is InChI=1S/C29H46O3/c1-2-3-4-5-6-7-8-9-10-11-12-13-14-15-16-17-18-19-23-26-28(30)25-22-20-21-24-27(25)32-29(26)31/h20-22,24,30H,2-19,23H2,1H3. The van der Waals surface area contributed by atoms with Crippen LogP contribution in [0.4, 0.5) is 0 Å². The van der Waals surface area contributed by atoms with Gasteiger partial charge in [0.15, 0.2) is 0 Å². The quantitative estimate of drug-likeness (QED) is 0.174. The van der Waals surface area contributed by atoms with Gasteiger partial charge in [0.1, 0.15) is 11.3 Å². The SMILES string of the molecule is CCCCCCCCCCCCCCCCCCCCc1c(O)c2ccccc2oc1=O. The van der Waals surface area contributed by atoms with Crippen LogP contribution in [0.3, 0.4) is 0 Å². The van der Waals surface area contributed by atoms with Crippen LogP contribution in [0.5, 0.6) is 5.75 Å². The molecule has 0 radical (unpaired) electrons. The van der Waals surface area contributed by atoms with Crippen molar-refractivity contribution in [3.05, 3.63) is 40.2 Å². The lowest BCUT2D eigenvalue weighted by molar-refractivity contribution is 0.453. The van der Waals surface area contributed by atoms with Gasteiger partial charge < -0.3 is 9.52 Å². The molecule has 1 aromatic carbocycles. The van der Waals surface area contributed by atoms with Gasteiger partial charge in [-0.2, -0.15) is 0 Å². The zero-order chi connectivity index (χ0) is 22.9. The maximum atomic E-state index is 12.1. The lowest BCUT2D eigenvalue weighted by Crippen LogP contribution is -2.07. The predicted molar refractivity (Wildman–Crippen MR) is 137 cm³/mol. The van der Waals surface area contributed by atoms with Crippen molar-refractivity contribution in [2.45, 2.75) is 129 Å². The lowest BCUT2D eigenvalue weighted by atomic mass is 10.0. The maximum Gasteiger partial charge on any atom is 0.343 e. The second-order valence-corrected chi connectivity index (χ2v) is 9.47. The Labute approximate surface area is 195 Å². The van der Waals surface area contributed by atoms with E-state index in [-0.39, 0.29) is 5.75 Å². The number of para-hydroxylation sites is 1. The van der Waals surface area contributed by atoms with Crippen LogP contribution in [0.25, 0.3) is 11.0 Å². The van der Waals surface area contributed by atoms with Crippen molar-refractivity contribution in [1.29, 1.82) is 0 Å². The minimum absolute atomic E-state index is 0.101. The van der Waals surface area contributed by atoms with Crippen molar-refractivity contribution in [2.24, 2.45) is 0 Å². The summed E-state index contributed by atoms with van der Waals surface area (Å²) in [5.41, 5.74) is 0.491. The lowest BCUT2D eigenvalue weighted by Gasteiger charge is -2.06. The Morgan fingerprint density at radius 1 is 0.656 bits per heavy atom. The number of hydrogen-bond donors (Lipinski definition) is 1. The van der Waals surface area contributed by atoms with E-state index >= 15 is 0 Å². The molecular weight excluding hydrogens is 396 g/mol. The fourth-order valence-electron chi connectivity index (χ4n) is 4.60. The zero-order valence-corrected chi connectivity index (χ0v) is 20.5. The normalized spacial score (nSPS) is 11.4. The topological polar surface area (TPSA) is 50.4 Å². The highest BCUT2D eigenvalue weighted by atomic mass is 16.4. The van der Waals surface area contributed by atoms with Crippen LogP contribution in [-0.4, -0.2) is 5.11 Å². The summed E-state index contributed by atoms with van der Waals surface area (Å²) in [6, 6.07) is 7.17. The number of aromatic hydroxyl groups is 1. The minimum Gasteiger partial charge on any atom is -0.507 e. The summed E-state index contributed by atoms with van der Waals surface area (Å²) in [5.74, 6) is 0.101. The molecule has 180 valence electrons. The van der Waals surface area contributed by atoms with Gasteiger partial charge >= 0.3 is 5.63 Å². The molecule has 0 amide bonds. The van der Waals surface area contributed by atoms with Gasteiger partial charge in [0.2, 0.25) is 0 Å². The number of unbranched alkanes of at least 4 members (excludes halogenated alkanes) is 17. The van der Waals surface area contributed by atoms with Crippen molar-refractivity contribution in [2.75, 3.05) is 0 Å². The fraction of sp³-hybridized carbons (Fsp3) is 0.690. The summed E-state index contributed by atoms with van der Waals surface area (Å²) in [6.07, 6.45) is 24.8. The van der Waals surface area contributed by atoms with Gasteiger partial charge in [0.05, 0.1) is 10.9 Å². The summed E-state index contributed by atoms with van der Waals surface area (Å²) < 4.78 is 5.35. The summed E-state index contributed by atoms with van der Waals surface area (Å²) in [4.78, 5) is 12.1. The molecule has 0 unspecified atom stereocenters. The van der Waals surface area contributed by atoms with Gasteiger partial charge in [0, 0.05) is 0 Å². The van der Waals surface area contributed by atoms with E-state index in [4.69, 9.17) is 4.42 Å². The van der Waals surface area contributed by atoms with Crippen molar-refractivity contribution in [3.63, 3.8) is 0 Å². The first kappa shape index (κ1) is 26.5. The van der Waals surface area contributed by atoms with E-state index in [1.54, 1.807) is 12.1 Å². The third kappa shape index (κ3) is 10.2. The molecule has 1 heterocycles. The summed E-state index contributed by atoms with van der Waals surface area (Å²) >= 11 is 0. The van der Waals surface area contributed by atoms with Crippen molar-refractivity contribution in [1.82, 2.24) is 0 Å². The van der Waals surface area contributed by atoms with Gasteiger partial charge in [-0.1, -0.05) is 128 Å². The van der Waals surface area contributed by atoms with Gasteiger partial charge in [-0.3, -0.25) is 0 Å². The molecule has 0 saturated carbocycles. The molecule has 0 bridgehead atoms. The number of fused-ring (bicyclic) bond motifs is 1. The molecule has 3 heteroatoms. The molecule has 0 spiro atoms. The molecule has 2 rings (SSSR count). The summed E-state index contributed by atoms with van der Waals surface area (Å²) in [7, 11) is 0. The van der Waals surface area contributed by atoms with Gasteiger partial charge in [0.25, 0.3) is 0 Å². The molecule has 0 atom stereocenters. The van der Waals surface area contributed by atoms with Gasteiger partial charge in [-0.05, 0) is 25.0 Å². The highest BCUT2D eigenvalue weighted by Crippen LogP contribution is 2.27. The third-order valence-corrected chi connectivity index (χ3v) is 6.66. The molecule has 0 aliphatic rings. The second kappa shape index (κ2) is 16.8. The van der Waals surface area contributed by atoms with Crippen LogP contribution in [0.1, 0.15) is 128 Å². The second-order valence-electron chi connectivity index (χ2n) is 9.47.